The molecule has 0 saturated heterocycles. The van der Waals surface area contributed by atoms with Crippen molar-refractivity contribution in [1.29, 1.82) is 0 Å². The second-order valence-electron chi connectivity index (χ2n) is 3.86. The average Bonchev–Trinajstić information content (AvgIpc) is 2.59. The fourth-order valence-corrected chi connectivity index (χ4v) is 2.06. The van der Waals surface area contributed by atoms with Gasteiger partial charge in [0.1, 0.15) is 0 Å². The molecule has 0 bridgehead atoms. The van der Waals surface area contributed by atoms with E-state index in [1.54, 1.807) is 11.3 Å². The Labute approximate surface area is 90.0 Å². The highest BCUT2D eigenvalue weighted by molar-refractivity contribution is 7.10. The summed E-state index contributed by atoms with van der Waals surface area (Å²) in [6.07, 6.45) is 0. The van der Waals surface area contributed by atoms with Crippen LogP contribution in [0.1, 0.15) is 24.3 Å². The molecule has 1 aromatic heterocycles. The number of hydrogen-bond acceptors (Lipinski definition) is 3. The molecular formula is C11H19NOS. The molecule has 1 heterocycles. The van der Waals surface area contributed by atoms with Crippen LogP contribution in [0.4, 0.5) is 0 Å². The zero-order valence-corrected chi connectivity index (χ0v) is 9.90. The van der Waals surface area contributed by atoms with Crippen molar-refractivity contribution in [1.82, 2.24) is 5.32 Å². The number of rotatable bonds is 5. The van der Waals surface area contributed by atoms with Gasteiger partial charge in [0, 0.05) is 24.1 Å². The molecule has 2 atom stereocenters. The molecule has 0 radical (unpaired) electrons. The highest BCUT2D eigenvalue weighted by Gasteiger charge is 2.10. The van der Waals surface area contributed by atoms with Crippen molar-refractivity contribution in [2.24, 2.45) is 5.92 Å². The molecule has 3 heteroatoms. The minimum absolute atomic E-state index is 0.248. The van der Waals surface area contributed by atoms with Gasteiger partial charge in [0.2, 0.25) is 0 Å². The van der Waals surface area contributed by atoms with Crippen LogP contribution in [0.2, 0.25) is 0 Å². The minimum atomic E-state index is 0.248. The Bertz CT molecular complexity index is 272. The van der Waals surface area contributed by atoms with Crippen LogP contribution in [0.15, 0.2) is 11.4 Å². The van der Waals surface area contributed by atoms with Crippen LogP contribution in [0.5, 0.6) is 0 Å². The minimum Gasteiger partial charge on any atom is -0.396 e. The average molecular weight is 213 g/mol. The molecule has 0 aliphatic carbocycles. The molecule has 80 valence electrons. The number of hydrogen-bond donors (Lipinski definition) is 2. The Kier molecular flexibility index (Phi) is 4.58. The lowest BCUT2D eigenvalue weighted by atomic mass is 10.1. The first-order valence-electron chi connectivity index (χ1n) is 5.02. The van der Waals surface area contributed by atoms with Gasteiger partial charge in [-0.15, -0.1) is 11.3 Å². The van der Waals surface area contributed by atoms with Crippen molar-refractivity contribution in [3.8, 4) is 0 Å². The fourth-order valence-electron chi connectivity index (χ4n) is 1.20. The van der Waals surface area contributed by atoms with Crippen LogP contribution in [0.25, 0.3) is 0 Å². The third-order valence-electron chi connectivity index (χ3n) is 2.69. The molecular weight excluding hydrogens is 194 g/mol. The molecule has 1 aromatic rings. The Morgan fingerprint density at radius 1 is 1.50 bits per heavy atom. The SMILES string of the molecule is Cc1ccsc1CNC(C)C(C)CO. The second kappa shape index (κ2) is 5.49. The van der Waals surface area contributed by atoms with E-state index in [1.165, 1.54) is 10.4 Å². The van der Waals surface area contributed by atoms with Crippen LogP contribution in [-0.2, 0) is 6.54 Å². The summed E-state index contributed by atoms with van der Waals surface area (Å²) in [6.45, 7) is 7.46. The smallest absolute Gasteiger partial charge is 0.0471 e. The number of aliphatic hydroxyl groups is 1. The Morgan fingerprint density at radius 3 is 2.71 bits per heavy atom. The van der Waals surface area contributed by atoms with Crippen molar-refractivity contribution in [2.45, 2.75) is 33.4 Å². The molecule has 2 unspecified atom stereocenters. The summed E-state index contributed by atoms with van der Waals surface area (Å²) in [4.78, 5) is 1.39. The second-order valence-corrected chi connectivity index (χ2v) is 4.86. The maximum Gasteiger partial charge on any atom is 0.0471 e. The number of aryl methyl sites for hydroxylation is 1. The maximum absolute atomic E-state index is 8.98. The van der Waals surface area contributed by atoms with Crippen LogP contribution in [0, 0.1) is 12.8 Å². The van der Waals surface area contributed by atoms with E-state index >= 15 is 0 Å². The van der Waals surface area contributed by atoms with Gasteiger partial charge in [-0.05, 0) is 36.8 Å². The lowest BCUT2D eigenvalue weighted by Gasteiger charge is -2.18. The van der Waals surface area contributed by atoms with E-state index in [4.69, 9.17) is 5.11 Å². The van der Waals surface area contributed by atoms with Gasteiger partial charge in [-0.1, -0.05) is 6.92 Å². The maximum atomic E-state index is 8.98. The molecule has 2 N–H and O–H groups in total. The first-order valence-corrected chi connectivity index (χ1v) is 5.90. The quantitative estimate of drug-likeness (QED) is 0.785. The van der Waals surface area contributed by atoms with E-state index in [1.807, 2.05) is 0 Å². The van der Waals surface area contributed by atoms with Crippen LogP contribution in [-0.4, -0.2) is 17.8 Å². The van der Waals surface area contributed by atoms with Crippen molar-refractivity contribution < 1.29 is 5.11 Å². The Hall–Kier alpha value is -0.380. The third-order valence-corrected chi connectivity index (χ3v) is 3.72. The molecule has 2 nitrogen and oxygen atoms in total. The van der Waals surface area contributed by atoms with Crippen molar-refractivity contribution in [2.75, 3.05) is 6.61 Å². The summed E-state index contributed by atoms with van der Waals surface area (Å²) < 4.78 is 0. The van der Waals surface area contributed by atoms with Crippen LogP contribution in [0.3, 0.4) is 0 Å². The molecule has 1 rings (SSSR count). The molecule has 0 aliphatic rings. The van der Waals surface area contributed by atoms with Gasteiger partial charge in [0.15, 0.2) is 0 Å². The van der Waals surface area contributed by atoms with Gasteiger partial charge < -0.3 is 10.4 Å². The zero-order valence-electron chi connectivity index (χ0n) is 9.08. The highest BCUT2D eigenvalue weighted by Crippen LogP contribution is 2.15. The lowest BCUT2D eigenvalue weighted by Crippen LogP contribution is -2.33. The molecule has 0 spiro atoms. The van der Waals surface area contributed by atoms with E-state index in [0.29, 0.717) is 12.0 Å². The van der Waals surface area contributed by atoms with E-state index in [-0.39, 0.29) is 6.61 Å². The van der Waals surface area contributed by atoms with Gasteiger partial charge in [-0.25, -0.2) is 0 Å². The highest BCUT2D eigenvalue weighted by atomic mass is 32.1. The van der Waals surface area contributed by atoms with Gasteiger partial charge in [-0.2, -0.15) is 0 Å². The standard InChI is InChI=1S/C11H19NOS/c1-8-4-5-14-11(8)6-12-10(3)9(2)7-13/h4-5,9-10,12-13H,6-7H2,1-3H3. The third kappa shape index (κ3) is 3.08. The number of thiophene rings is 1. The Morgan fingerprint density at radius 2 is 2.21 bits per heavy atom. The summed E-state index contributed by atoms with van der Waals surface area (Å²) in [7, 11) is 0. The topological polar surface area (TPSA) is 32.3 Å². The molecule has 0 aliphatic heterocycles. The van der Waals surface area contributed by atoms with Crippen molar-refractivity contribution in [3.05, 3.63) is 21.9 Å². The van der Waals surface area contributed by atoms with E-state index in [0.717, 1.165) is 6.54 Å². The molecule has 0 saturated carbocycles. The van der Waals surface area contributed by atoms with Crippen molar-refractivity contribution in [3.63, 3.8) is 0 Å². The Balaban J connectivity index is 2.37. The van der Waals surface area contributed by atoms with Gasteiger partial charge in [0.05, 0.1) is 0 Å². The summed E-state index contributed by atoms with van der Waals surface area (Å²) in [5.41, 5.74) is 1.35. The summed E-state index contributed by atoms with van der Waals surface area (Å²) in [5.74, 6) is 0.315. The summed E-state index contributed by atoms with van der Waals surface area (Å²) in [6, 6.07) is 2.50. The zero-order chi connectivity index (χ0) is 10.6. The van der Waals surface area contributed by atoms with Crippen molar-refractivity contribution >= 4 is 11.3 Å². The molecule has 0 aromatic carbocycles. The first kappa shape index (κ1) is 11.7. The largest absolute Gasteiger partial charge is 0.396 e. The monoisotopic (exact) mass is 213 g/mol. The summed E-state index contributed by atoms with van der Waals surface area (Å²) >= 11 is 1.79. The van der Waals surface area contributed by atoms with E-state index in [9.17, 15) is 0 Å². The molecule has 14 heavy (non-hydrogen) atoms. The number of aliphatic hydroxyl groups excluding tert-OH is 1. The van der Waals surface area contributed by atoms with Crippen LogP contribution < -0.4 is 5.32 Å². The first-order chi connectivity index (χ1) is 6.65. The van der Waals surface area contributed by atoms with E-state index in [2.05, 4.69) is 37.5 Å². The fraction of sp³-hybridized carbons (Fsp3) is 0.636. The van der Waals surface area contributed by atoms with E-state index < -0.39 is 0 Å². The van der Waals surface area contributed by atoms with Gasteiger partial charge >= 0.3 is 0 Å². The van der Waals surface area contributed by atoms with Gasteiger partial charge in [0.25, 0.3) is 0 Å². The lowest BCUT2D eigenvalue weighted by molar-refractivity contribution is 0.207. The summed E-state index contributed by atoms with van der Waals surface area (Å²) in [5, 5.41) is 14.5. The predicted molar refractivity (Wildman–Crippen MR) is 61.6 cm³/mol. The molecule has 0 amide bonds. The number of nitrogens with one attached hydrogen (secondary N) is 1. The molecule has 0 fully saturated rings. The normalized spacial score (nSPS) is 15.4. The predicted octanol–water partition coefficient (Wildman–Crippen LogP) is 2.16. The van der Waals surface area contributed by atoms with Gasteiger partial charge in [-0.3, -0.25) is 0 Å². The van der Waals surface area contributed by atoms with Crippen LogP contribution >= 0.6 is 11.3 Å².